The Bertz CT molecular complexity index is 268. The van der Waals surface area contributed by atoms with Crippen molar-refractivity contribution in [1.29, 1.82) is 0 Å². The first-order valence-corrected chi connectivity index (χ1v) is 7.43. The van der Waals surface area contributed by atoms with Crippen LogP contribution in [0.4, 0.5) is 0 Å². The quantitative estimate of drug-likeness (QED) is 0.598. The Kier molecular flexibility index (Phi) is 5.29. The number of ether oxygens (including phenoxy) is 1. The number of aliphatic imine (C=N–C) groups is 1. The number of nitrogens with one attached hydrogen (secondary N) is 1. The van der Waals surface area contributed by atoms with Crippen LogP contribution in [-0.2, 0) is 4.74 Å². The molecule has 0 amide bonds. The van der Waals surface area contributed by atoms with E-state index in [4.69, 9.17) is 10.5 Å². The number of nitrogens with zero attached hydrogens (tertiary/aromatic N) is 1. The van der Waals surface area contributed by atoms with Crippen LogP contribution in [0.5, 0.6) is 0 Å². The Morgan fingerprint density at radius 3 is 2.50 bits per heavy atom. The molecule has 2 fully saturated rings. The maximum Gasteiger partial charge on any atom is 0.189 e. The van der Waals surface area contributed by atoms with Gasteiger partial charge in [0.1, 0.15) is 0 Å². The molecule has 0 spiro atoms. The van der Waals surface area contributed by atoms with Crippen LogP contribution in [0.1, 0.15) is 51.9 Å². The van der Waals surface area contributed by atoms with Crippen molar-refractivity contribution in [3.05, 3.63) is 0 Å². The maximum absolute atomic E-state index is 6.02. The molecule has 1 aliphatic heterocycles. The lowest BCUT2D eigenvalue weighted by Crippen LogP contribution is -2.44. The molecule has 1 aliphatic carbocycles. The summed E-state index contributed by atoms with van der Waals surface area (Å²) >= 11 is 0. The molecule has 0 aromatic carbocycles. The lowest BCUT2D eigenvalue weighted by atomic mass is 9.93. The van der Waals surface area contributed by atoms with Gasteiger partial charge in [0.25, 0.3) is 0 Å². The van der Waals surface area contributed by atoms with Crippen LogP contribution in [0.15, 0.2) is 4.99 Å². The third-order valence-electron chi connectivity index (χ3n) is 4.24. The number of guanidine groups is 1. The van der Waals surface area contributed by atoms with Crippen molar-refractivity contribution in [3.8, 4) is 0 Å². The minimum absolute atomic E-state index is 0.404. The Morgan fingerprint density at radius 1 is 1.17 bits per heavy atom. The Labute approximate surface area is 110 Å². The van der Waals surface area contributed by atoms with Crippen molar-refractivity contribution in [2.24, 2.45) is 16.6 Å². The molecule has 4 heteroatoms. The summed E-state index contributed by atoms with van der Waals surface area (Å²) in [5.41, 5.74) is 6.02. The van der Waals surface area contributed by atoms with Crippen LogP contribution < -0.4 is 11.1 Å². The van der Waals surface area contributed by atoms with Crippen LogP contribution in [-0.4, -0.2) is 31.3 Å². The molecule has 2 rings (SSSR count). The monoisotopic (exact) mass is 253 g/mol. The average molecular weight is 253 g/mol. The summed E-state index contributed by atoms with van der Waals surface area (Å²) in [6, 6.07) is 0.856. The zero-order chi connectivity index (χ0) is 12.8. The highest BCUT2D eigenvalue weighted by molar-refractivity contribution is 5.78. The predicted octanol–water partition coefficient (Wildman–Crippen LogP) is 2.04. The number of rotatable bonds is 3. The van der Waals surface area contributed by atoms with E-state index in [2.05, 4.69) is 17.2 Å². The average Bonchev–Trinajstić information content (AvgIpc) is 2.40. The molecule has 0 aromatic rings. The zero-order valence-corrected chi connectivity index (χ0v) is 11.5. The summed E-state index contributed by atoms with van der Waals surface area (Å²) in [5, 5.41) is 3.37. The van der Waals surface area contributed by atoms with Gasteiger partial charge in [0.05, 0.1) is 6.04 Å². The van der Waals surface area contributed by atoms with E-state index in [1.54, 1.807) is 0 Å². The Hall–Kier alpha value is -0.770. The first-order valence-electron chi connectivity index (χ1n) is 7.43. The van der Waals surface area contributed by atoms with Crippen LogP contribution in [0.3, 0.4) is 0 Å². The SMILES string of the molecule is CC(NC(N)=NC1CCCCC1)C1CCOCC1. The van der Waals surface area contributed by atoms with E-state index < -0.39 is 0 Å². The molecule has 4 nitrogen and oxygen atoms in total. The molecule has 18 heavy (non-hydrogen) atoms. The summed E-state index contributed by atoms with van der Waals surface area (Å²) in [4.78, 5) is 4.62. The first-order chi connectivity index (χ1) is 8.75. The van der Waals surface area contributed by atoms with Crippen molar-refractivity contribution in [1.82, 2.24) is 5.32 Å². The van der Waals surface area contributed by atoms with Gasteiger partial charge in [-0.2, -0.15) is 0 Å². The normalized spacial score (nSPS) is 25.9. The van der Waals surface area contributed by atoms with Crippen LogP contribution >= 0.6 is 0 Å². The third-order valence-corrected chi connectivity index (χ3v) is 4.24. The Balaban J connectivity index is 1.77. The fraction of sp³-hybridized carbons (Fsp3) is 0.929. The molecule has 104 valence electrons. The second-order valence-electron chi connectivity index (χ2n) is 5.69. The van der Waals surface area contributed by atoms with Gasteiger partial charge >= 0.3 is 0 Å². The zero-order valence-electron chi connectivity index (χ0n) is 11.5. The minimum Gasteiger partial charge on any atom is -0.381 e. The predicted molar refractivity (Wildman–Crippen MR) is 74.6 cm³/mol. The number of hydrogen-bond acceptors (Lipinski definition) is 2. The first kappa shape index (κ1) is 13.7. The van der Waals surface area contributed by atoms with E-state index in [9.17, 15) is 0 Å². The highest BCUT2D eigenvalue weighted by atomic mass is 16.5. The van der Waals surface area contributed by atoms with E-state index in [0.29, 0.717) is 24.0 Å². The van der Waals surface area contributed by atoms with Crippen LogP contribution in [0, 0.1) is 5.92 Å². The smallest absolute Gasteiger partial charge is 0.189 e. The molecule has 1 saturated carbocycles. The molecule has 1 saturated heterocycles. The summed E-state index contributed by atoms with van der Waals surface area (Å²) in [7, 11) is 0. The standard InChI is InChI=1S/C14H27N3O/c1-11(12-7-9-18-10-8-12)16-14(15)17-13-5-3-2-4-6-13/h11-13H,2-10H2,1H3,(H3,15,16,17). The molecule has 0 aromatic heterocycles. The van der Waals surface area contributed by atoms with Crippen molar-refractivity contribution in [2.75, 3.05) is 13.2 Å². The fourth-order valence-electron chi connectivity index (χ4n) is 3.01. The highest BCUT2D eigenvalue weighted by Gasteiger charge is 2.21. The van der Waals surface area contributed by atoms with E-state index in [1.807, 2.05) is 0 Å². The molecular formula is C14H27N3O. The summed E-state index contributed by atoms with van der Waals surface area (Å²) < 4.78 is 5.39. The molecule has 3 N–H and O–H groups in total. The van der Waals surface area contributed by atoms with Gasteiger partial charge in [-0.25, -0.2) is 0 Å². The minimum atomic E-state index is 0.404. The fourth-order valence-corrected chi connectivity index (χ4v) is 3.01. The molecule has 1 heterocycles. The highest BCUT2D eigenvalue weighted by Crippen LogP contribution is 2.21. The molecule has 2 aliphatic rings. The van der Waals surface area contributed by atoms with Gasteiger partial charge in [-0.1, -0.05) is 19.3 Å². The van der Waals surface area contributed by atoms with Gasteiger partial charge < -0.3 is 15.8 Å². The van der Waals surface area contributed by atoms with Gasteiger partial charge in [0, 0.05) is 19.3 Å². The van der Waals surface area contributed by atoms with Crippen molar-refractivity contribution >= 4 is 5.96 Å². The van der Waals surface area contributed by atoms with E-state index in [0.717, 1.165) is 26.1 Å². The van der Waals surface area contributed by atoms with Gasteiger partial charge in [-0.15, -0.1) is 0 Å². The molecule has 0 radical (unpaired) electrons. The molecule has 0 bridgehead atoms. The van der Waals surface area contributed by atoms with E-state index in [-0.39, 0.29) is 0 Å². The lowest BCUT2D eigenvalue weighted by molar-refractivity contribution is 0.0581. The van der Waals surface area contributed by atoms with Gasteiger partial charge in [-0.05, 0) is 38.5 Å². The third kappa shape index (κ3) is 4.16. The summed E-state index contributed by atoms with van der Waals surface area (Å²) in [5.74, 6) is 1.31. The second kappa shape index (κ2) is 6.98. The van der Waals surface area contributed by atoms with Gasteiger partial charge in [0.2, 0.25) is 0 Å². The van der Waals surface area contributed by atoms with E-state index >= 15 is 0 Å². The van der Waals surface area contributed by atoms with E-state index in [1.165, 1.54) is 32.1 Å². The van der Waals surface area contributed by atoms with Crippen molar-refractivity contribution in [3.63, 3.8) is 0 Å². The molecule has 1 unspecified atom stereocenters. The molecule has 1 atom stereocenters. The van der Waals surface area contributed by atoms with Gasteiger partial charge in [-0.3, -0.25) is 4.99 Å². The van der Waals surface area contributed by atoms with Gasteiger partial charge in [0.15, 0.2) is 5.96 Å². The summed E-state index contributed by atoms with van der Waals surface area (Å²) in [6.45, 7) is 3.98. The second-order valence-corrected chi connectivity index (χ2v) is 5.69. The largest absolute Gasteiger partial charge is 0.381 e. The van der Waals surface area contributed by atoms with Crippen LogP contribution in [0.2, 0.25) is 0 Å². The molecular weight excluding hydrogens is 226 g/mol. The van der Waals surface area contributed by atoms with Crippen molar-refractivity contribution < 1.29 is 4.74 Å². The van der Waals surface area contributed by atoms with Crippen molar-refractivity contribution in [2.45, 2.75) is 64.0 Å². The number of hydrogen-bond donors (Lipinski definition) is 2. The number of nitrogens with two attached hydrogens (primary N) is 1. The lowest BCUT2D eigenvalue weighted by Gasteiger charge is -2.29. The van der Waals surface area contributed by atoms with Crippen LogP contribution in [0.25, 0.3) is 0 Å². The maximum atomic E-state index is 6.02. The summed E-state index contributed by atoms with van der Waals surface area (Å²) in [6.07, 6.45) is 8.63. The topological polar surface area (TPSA) is 59.6 Å². The Morgan fingerprint density at radius 2 is 1.83 bits per heavy atom.